The molecule has 0 radical (unpaired) electrons. The summed E-state index contributed by atoms with van der Waals surface area (Å²) in [7, 11) is 0. The van der Waals surface area contributed by atoms with Crippen molar-refractivity contribution in [1.82, 2.24) is 15.0 Å². The van der Waals surface area contributed by atoms with Gasteiger partial charge in [0.2, 0.25) is 0 Å². The highest BCUT2D eigenvalue weighted by molar-refractivity contribution is 5.49. The molecule has 0 aliphatic heterocycles. The van der Waals surface area contributed by atoms with Gasteiger partial charge in [-0.1, -0.05) is 20.8 Å². The zero-order chi connectivity index (χ0) is 14.2. The summed E-state index contributed by atoms with van der Waals surface area (Å²) in [5.74, 6) is 0.720. The fourth-order valence-electron chi connectivity index (χ4n) is 3.34. The maximum absolute atomic E-state index is 4.14. The van der Waals surface area contributed by atoms with Gasteiger partial charge >= 0.3 is 0 Å². The molecule has 0 spiro atoms. The first kappa shape index (κ1) is 13.2. The molecule has 4 heteroatoms. The van der Waals surface area contributed by atoms with E-state index in [0.29, 0.717) is 11.5 Å². The van der Waals surface area contributed by atoms with E-state index in [-0.39, 0.29) is 0 Å². The van der Waals surface area contributed by atoms with Gasteiger partial charge in [-0.15, -0.1) is 0 Å². The summed E-state index contributed by atoms with van der Waals surface area (Å²) in [6.07, 6.45) is 5.90. The van der Waals surface area contributed by atoms with Crippen molar-refractivity contribution < 1.29 is 0 Å². The third kappa shape index (κ3) is 2.69. The quantitative estimate of drug-likeness (QED) is 0.928. The Kier molecular flexibility index (Phi) is 3.24. The Morgan fingerprint density at radius 3 is 2.30 bits per heavy atom. The van der Waals surface area contributed by atoms with Gasteiger partial charge in [0, 0.05) is 11.7 Å². The lowest BCUT2D eigenvalue weighted by molar-refractivity contribution is 0.366. The number of nitrogens with one attached hydrogen (secondary N) is 1. The zero-order valence-electron chi connectivity index (χ0n) is 12.4. The Morgan fingerprint density at radius 1 is 1.10 bits per heavy atom. The molecule has 3 rings (SSSR count). The number of anilines is 1. The second kappa shape index (κ2) is 4.93. The predicted octanol–water partition coefficient (Wildman–Crippen LogP) is 3.50. The fraction of sp³-hybridized carbons (Fsp3) is 0.500. The molecule has 20 heavy (non-hydrogen) atoms. The van der Waals surface area contributed by atoms with Gasteiger partial charge in [0.1, 0.15) is 0 Å². The van der Waals surface area contributed by atoms with Crippen LogP contribution >= 0.6 is 0 Å². The van der Waals surface area contributed by atoms with Gasteiger partial charge < -0.3 is 5.32 Å². The van der Waals surface area contributed by atoms with Crippen LogP contribution in [-0.2, 0) is 0 Å². The van der Waals surface area contributed by atoms with Crippen molar-refractivity contribution in [1.29, 1.82) is 0 Å². The number of benzene rings is 1. The normalized spacial score (nSPS) is 24.8. The molecule has 1 aromatic carbocycles. The van der Waals surface area contributed by atoms with Crippen LogP contribution < -0.4 is 5.32 Å². The summed E-state index contributed by atoms with van der Waals surface area (Å²) in [5.41, 5.74) is 2.62. The molecule has 1 aromatic heterocycles. The van der Waals surface area contributed by atoms with Crippen LogP contribution in [-0.4, -0.2) is 21.0 Å². The van der Waals surface area contributed by atoms with Gasteiger partial charge in [-0.05, 0) is 48.4 Å². The molecule has 4 nitrogen and oxygen atoms in total. The number of hydrogen-bond acceptors (Lipinski definition) is 3. The Morgan fingerprint density at radius 2 is 1.75 bits per heavy atom. The van der Waals surface area contributed by atoms with Crippen molar-refractivity contribution in [2.24, 2.45) is 11.3 Å². The van der Waals surface area contributed by atoms with Gasteiger partial charge in [-0.3, -0.25) is 0 Å². The molecule has 1 N–H and O–H groups in total. The lowest BCUT2D eigenvalue weighted by Gasteiger charge is -2.20. The number of hydrogen-bond donors (Lipinski definition) is 1. The summed E-state index contributed by atoms with van der Waals surface area (Å²) in [4.78, 5) is 1.63. The van der Waals surface area contributed by atoms with E-state index in [1.54, 1.807) is 17.2 Å². The predicted molar refractivity (Wildman–Crippen MR) is 80.9 cm³/mol. The average Bonchev–Trinajstić information content (AvgIpc) is 2.99. The molecule has 1 aliphatic rings. The first-order valence-electron chi connectivity index (χ1n) is 7.27. The van der Waals surface area contributed by atoms with E-state index in [9.17, 15) is 0 Å². The van der Waals surface area contributed by atoms with Crippen molar-refractivity contribution in [2.45, 2.75) is 39.7 Å². The molecule has 0 bridgehead atoms. The summed E-state index contributed by atoms with van der Waals surface area (Å²) in [6, 6.07) is 8.88. The molecule has 0 amide bonds. The van der Waals surface area contributed by atoms with Crippen LogP contribution in [0.15, 0.2) is 36.7 Å². The summed E-state index contributed by atoms with van der Waals surface area (Å²) < 4.78 is 0. The summed E-state index contributed by atoms with van der Waals surface area (Å²) in [6.45, 7) is 7.06. The third-order valence-corrected chi connectivity index (χ3v) is 4.20. The molecule has 1 fully saturated rings. The van der Waals surface area contributed by atoms with Gasteiger partial charge in [-0.25, -0.2) is 0 Å². The summed E-state index contributed by atoms with van der Waals surface area (Å²) >= 11 is 0. The molecule has 106 valence electrons. The van der Waals surface area contributed by atoms with Crippen LogP contribution in [0.1, 0.15) is 33.6 Å². The van der Waals surface area contributed by atoms with Crippen molar-refractivity contribution >= 4 is 5.69 Å². The highest BCUT2D eigenvalue weighted by Gasteiger charge is 2.36. The van der Waals surface area contributed by atoms with Gasteiger partial charge in [0.25, 0.3) is 0 Å². The molecule has 0 saturated heterocycles. The molecular weight excluding hydrogens is 248 g/mol. The van der Waals surface area contributed by atoms with Gasteiger partial charge in [0.15, 0.2) is 0 Å². The van der Waals surface area contributed by atoms with Crippen LogP contribution in [0, 0.1) is 11.3 Å². The van der Waals surface area contributed by atoms with Crippen molar-refractivity contribution in [2.75, 3.05) is 5.32 Å². The van der Waals surface area contributed by atoms with E-state index < -0.39 is 0 Å². The maximum Gasteiger partial charge on any atom is 0.0858 e. The Balaban J connectivity index is 1.70. The third-order valence-electron chi connectivity index (χ3n) is 4.20. The topological polar surface area (TPSA) is 42.7 Å². The van der Waals surface area contributed by atoms with Crippen LogP contribution in [0.3, 0.4) is 0 Å². The van der Waals surface area contributed by atoms with E-state index in [0.717, 1.165) is 11.6 Å². The van der Waals surface area contributed by atoms with Crippen LogP contribution in [0.2, 0.25) is 0 Å². The molecular formula is C16H22N4. The first-order valence-corrected chi connectivity index (χ1v) is 7.27. The van der Waals surface area contributed by atoms with Crippen LogP contribution in [0.5, 0.6) is 0 Å². The van der Waals surface area contributed by atoms with Crippen molar-refractivity contribution in [3.05, 3.63) is 36.7 Å². The largest absolute Gasteiger partial charge is 0.382 e. The van der Waals surface area contributed by atoms with Gasteiger partial charge in [0.05, 0.1) is 18.1 Å². The maximum atomic E-state index is 4.14. The van der Waals surface area contributed by atoms with Crippen molar-refractivity contribution in [3.63, 3.8) is 0 Å². The monoisotopic (exact) mass is 270 g/mol. The molecule has 2 aromatic rings. The smallest absolute Gasteiger partial charge is 0.0858 e. The molecule has 2 unspecified atom stereocenters. The van der Waals surface area contributed by atoms with E-state index in [1.165, 1.54) is 18.5 Å². The minimum absolute atomic E-state index is 0.454. The van der Waals surface area contributed by atoms with E-state index in [1.807, 2.05) is 12.1 Å². The Hall–Kier alpha value is -1.84. The lowest BCUT2D eigenvalue weighted by atomic mass is 9.91. The fourth-order valence-corrected chi connectivity index (χ4v) is 3.34. The highest BCUT2D eigenvalue weighted by atomic mass is 15.5. The number of aromatic nitrogens is 3. The Labute approximate surface area is 120 Å². The second-order valence-electron chi connectivity index (χ2n) is 6.67. The molecule has 1 aliphatic carbocycles. The molecule has 1 heterocycles. The van der Waals surface area contributed by atoms with Gasteiger partial charge in [-0.2, -0.15) is 15.0 Å². The highest BCUT2D eigenvalue weighted by Crippen LogP contribution is 2.42. The first-order chi connectivity index (χ1) is 9.53. The second-order valence-corrected chi connectivity index (χ2v) is 6.67. The molecule has 1 saturated carbocycles. The number of nitrogens with zero attached hydrogens (tertiary/aromatic N) is 3. The SMILES string of the molecule is CC1CC(C)(C)CC1Nc1ccc(-n2nccn2)cc1. The van der Waals surface area contributed by atoms with E-state index >= 15 is 0 Å². The Bertz CT molecular complexity index is 557. The standard InChI is InChI=1S/C16H22N4/c1-12-10-16(2,3)11-15(12)19-13-4-6-14(7-5-13)20-17-8-9-18-20/h4-9,12,15,19H,10-11H2,1-3H3. The molecule has 2 atom stereocenters. The van der Waals surface area contributed by atoms with Crippen LogP contribution in [0.25, 0.3) is 5.69 Å². The van der Waals surface area contributed by atoms with Crippen molar-refractivity contribution in [3.8, 4) is 5.69 Å². The van der Waals surface area contributed by atoms with E-state index in [4.69, 9.17) is 0 Å². The number of rotatable bonds is 3. The summed E-state index contributed by atoms with van der Waals surface area (Å²) in [5, 5.41) is 11.9. The minimum Gasteiger partial charge on any atom is -0.382 e. The average molecular weight is 270 g/mol. The zero-order valence-corrected chi connectivity index (χ0v) is 12.4. The van der Waals surface area contributed by atoms with Crippen LogP contribution in [0.4, 0.5) is 5.69 Å². The minimum atomic E-state index is 0.454. The van der Waals surface area contributed by atoms with E-state index in [2.05, 4.69) is 48.4 Å². The lowest BCUT2D eigenvalue weighted by Crippen LogP contribution is -2.22.